The first-order valence-electron chi connectivity index (χ1n) is 5.97. The summed E-state index contributed by atoms with van der Waals surface area (Å²) in [6, 6.07) is 4.87. The zero-order valence-corrected chi connectivity index (χ0v) is 12.3. The number of carbonyl (C=O) groups is 1. The third kappa shape index (κ3) is 6.66. The van der Waals surface area contributed by atoms with Gasteiger partial charge in [-0.1, -0.05) is 23.2 Å². The highest BCUT2D eigenvalue weighted by molar-refractivity contribution is 6.34. The Morgan fingerprint density at radius 1 is 1.32 bits per heavy atom. The van der Waals surface area contributed by atoms with Gasteiger partial charge in [0.1, 0.15) is 5.75 Å². The van der Waals surface area contributed by atoms with Crippen LogP contribution in [0.15, 0.2) is 18.2 Å². The zero-order chi connectivity index (χ0) is 14.1. The van der Waals surface area contributed by atoms with Crippen molar-refractivity contribution in [1.29, 1.82) is 0 Å². The molecule has 0 aliphatic heterocycles. The number of ether oxygens (including phenoxy) is 2. The SMILES string of the molecule is COCCCCNC(=O)COc1cc(Cl)ccc1Cl. The molecule has 0 aliphatic carbocycles. The molecule has 0 saturated carbocycles. The van der Waals surface area contributed by atoms with Crippen molar-refractivity contribution in [3.63, 3.8) is 0 Å². The lowest BCUT2D eigenvalue weighted by Crippen LogP contribution is -2.29. The third-order valence-electron chi connectivity index (χ3n) is 2.35. The quantitative estimate of drug-likeness (QED) is 0.751. The Kier molecular flexibility index (Phi) is 7.63. The van der Waals surface area contributed by atoms with Gasteiger partial charge in [-0.2, -0.15) is 0 Å². The van der Waals surface area contributed by atoms with Gasteiger partial charge in [-0.15, -0.1) is 0 Å². The molecule has 1 N–H and O–H groups in total. The highest BCUT2D eigenvalue weighted by Gasteiger charge is 2.06. The van der Waals surface area contributed by atoms with E-state index in [1.165, 1.54) is 0 Å². The minimum atomic E-state index is -0.187. The summed E-state index contributed by atoms with van der Waals surface area (Å²) in [4.78, 5) is 11.5. The molecule has 0 unspecified atom stereocenters. The number of carbonyl (C=O) groups excluding carboxylic acids is 1. The van der Waals surface area contributed by atoms with Crippen molar-refractivity contribution in [3.05, 3.63) is 28.2 Å². The van der Waals surface area contributed by atoms with Gasteiger partial charge in [-0.25, -0.2) is 0 Å². The summed E-state index contributed by atoms with van der Waals surface area (Å²) in [5.74, 6) is 0.220. The Morgan fingerprint density at radius 3 is 2.84 bits per heavy atom. The first-order valence-corrected chi connectivity index (χ1v) is 6.72. The molecular weight excluding hydrogens is 289 g/mol. The molecule has 0 aromatic heterocycles. The number of hydrogen-bond acceptors (Lipinski definition) is 3. The third-order valence-corrected chi connectivity index (χ3v) is 2.90. The van der Waals surface area contributed by atoms with Crippen LogP contribution in [-0.2, 0) is 9.53 Å². The summed E-state index contributed by atoms with van der Waals surface area (Å²) in [6.45, 7) is 1.23. The highest BCUT2D eigenvalue weighted by Crippen LogP contribution is 2.27. The summed E-state index contributed by atoms with van der Waals surface area (Å²) >= 11 is 11.7. The van der Waals surface area contributed by atoms with Gasteiger partial charge in [0.05, 0.1) is 5.02 Å². The van der Waals surface area contributed by atoms with Gasteiger partial charge in [-0.3, -0.25) is 4.79 Å². The molecule has 6 heteroatoms. The maximum absolute atomic E-state index is 11.5. The van der Waals surface area contributed by atoms with E-state index in [0.29, 0.717) is 28.9 Å². The van der Waals surface area contributed by atoms with E-state index >= 15 is 0 Å². The first-order chi connectivity index (χ1) is 9.13. The van der Waals surface area contributed by atoms with Gasteiger partial charge in [0.15, 0.2) is 6.61 Å². The lowest BCUT2D eigenvalue weighted by Gasteiger charge is -2.09. The van der Waals surface area contributed by atoms with Crippen LogP contribution in [0.5, 0.6) is 5.75 Å². The Labute approximate surface area is 123 Å². The van der Waals surface area contributed by atoms with Crippen LogP contribution in [0.1, 0.15) is 12.8 Å². The molecule has 4 nitrogen and oxygen atoms in total. The lowest BCUT2D eigenvalue weighted by molar-refractivity contribution is -0.123. The number of halogens is 2. The molecule has 1 amide bonds. The number of benzene rings is 1. The second-order valence-electron chi connectivity index (χ2n) is 3.91. The van der Waals surface area contributed by atoms with Crippen LogP contribution >= 0.6 is 23.2 Å². The number of nitrogens with one attached hydrogen (secondary N) is 1. The Bertz CT molecular complexity index is 413. The summed E-state index contributed by atoms with van der Waals surface area (Å²) < 4.78 is 10.2. The standard InChI is InChI=1S/C13H17Cl2NO3/c1-18-7-3-2-6-16-13(17)9-19-12-8-10(14)4-5-11(12)15/h4-5,8H,2-3,6-7,9H2,1H3,(H,16,17). The van der Waals surface area contributed by atoms with E-state index < -0.39 is 0 Å². The minimum Gasteiger partial charge on any atom is -0.482 e. The van der Waals surface area contributed by atoms with E-state index in [4.69, 9.17) is 32.7 Å². The number of hydrogen-bond donors (Lipinski definition) is 1. The number of amides is 1. The molecule has 1 aromatic carbocycles. The van der Waals surface area contributed by atoms with E-state index in [1.54, 1.807) is 25.3 Å². The van der Waals surface area contributed by atoms with E-state index in [0.717, 1.165) is 12.8 Å². The van der Waals surface area contributed by atoms with Gasteiger partial charge < -0.3 is 14.8 Å². The van der Waals surface area contributed by atoms with Crippen LogP contribution in [0.3, 0.4) is 0 Å². The van der Waals surface area contributed by atoms with Crippen LogP contribution in [-0.4, -0.2) is 32.8 Å². The van der Waals surface area contributed by atoms with Crippen molar-refractivity contribution < 1.29 is 14.3 Å². The van der Waals surface area contributed by atoms with Gasteiger partial charge >= 0.3 is 0 Å². The maximum atomic E-state index is 11.5. The normalized spacial score (nSPS) is 10.3. The molecule has 0 heterocycles. The van der Waals surface area contributed by atoms with Crippen molar-refractivity contribution in [3.8, 4) is 5.75 Å². The molecule has 106 valence electrons. The van der Waals surface area contributed by atoms with E-state index in [1.807, 2.05) is 0 Å². The fourth-order valence-corrected chi connectivity index (χ4v) is 1.72. The second-order valence-corrected chi connectivity index (χ2v) is 4.76. The van der Waals surface area contributed by atoms with Gasteiger partial charge in [0.2, 0.25) is 0 Å². The fourth-order valence-electron chi connectivity index (χ4n) is 1.38. The van der Waals surface area contributed by atoms with Crippen molar-refractivity contribution in [2.24, 2.45) is 0 Å². The van der Waals surface area contributed by atoms with Crippen molar-refractivity contribution in [2.45, 2.75) is 12.8 Å². The number of unbranched alkanes of at least 4 members (excludes halogenated alkanes) is 1. The summed E-state index contributed by atoms with van der Waals surface area (Å²) in [7, 11) is 1.65. The molecule has 0 radical (unpaired) electrons. The molecule has 1 rings (SSSR count). The molecule has 1 aromatic rings. The molecule has 0 atom stereocenters. The highest BCUT2D eigenvalue weighted by atomic mass is 35.5. The average molecular weight is 306 g/mol. The largest absolute Gasteiger partial charge is 0.482 e. The molecule has 0 bridgehead atoms. The Hall–Kier alpha value is -0.970. The molecule has 0 spiro atoms. The van der Waals surface area contributed by atoms with Gasteiger partial charge in [-0.05, 0) is 25.0 Å². The van der Waals surface area contributed by atoms with Crippen LogP contribution in [0.2, 0.25) is 10.0 Å². The summed E-state index contributed by atoms with van der Waals surface area (Å²) in [5.41, 5.74) is 0. The first kappa shape index (κ1) is 16.1. The summed E-state index contributed by atoms with van der Waals surface area (Å²) in [6.07, 6.45) is 1.79. The average Bonchev–Trinajstić information content (AvgIpc) is 2.39. The van der Waals surface area contributed by atoms with Gasteiger partial charge in [0.25, 0.3) is 5.91 Å². The van der Waals surface area contributed by atoms with Crippen molar-refractivity contribution >= 4 is 29.1 Å². The van der Waals surface area contributed by atoms with Crippen molar-refractivity contribution in [1.82, 2.24) is 5.32 Å². The fraction of sp³-hybridized carbons (Fsp3) is 0.462. The maximum Gasteiger partial charge on any atom is 0.257 e. The smallest absolute Gasteiger partial charge is 0.257 e. The van der Waals surface area contributed by atoms with Crippen LogP contribution < -0.4 is 10.1 Å². The Morgan fingerprint density at radius 2 is 2.11 bits per heavy atom. The summed E-state index contributed by atoms with van der Waals surface area (Å²) in [5, 5.41) is 3.69. The lowest BCUT2D eigenvalue weighted by atomic mass is 10.3. The van der Waals surface area contributed by atoms with E-state index in [-0.39, 0.29) is 12.5 Å². The molecule has 19 heavy (non-hydrogen) atoms. The molecule has 0 fully saturated rings. The minimum absolute atomic E-state index is 0.0790. The molecular formula is C13H17Cl2NO3. The Balaban J connectivity index is 2.24. The topological polar surface area (TPSA) is 47.6 Å². The molecule has 0 saturated heterocycles. The van der Waals surface area contributed by atoms with Crippen molar-refractivity contribution in [2.75, 3.05) is 26.9 Å². The van der Waals surface area contributed by atoms with E-state index in [2.05, 4.69) is 5.32 Å². The van der Waals surface area contributed by atoms with Crippen LogP contribution in [0, 0.1) is 0 Å². The zero-order valence-electron chi connectivity index (χ0n) is 10.7. The number of rotatable bonds is 8. The van der Waals surface area contributed by atoms with Crippen LogP contribution in [0.25, 0.3) is 0 Å². The monoisotopic (exact) mass is 305 g/mol. The van der Waals surface area contributed by atoms with E-state index in [9.17, 15) is 4.79 Å². The predicted octanol–water partition coefficient (Wildman–Crippen LogP) is 2.92. The number of methoxy groups -OCH3 is 1. The molecule has 0 aliphatic rings. The van der Waals surface area contributed by atoms with Crippen LogP contribution in [0.4, 0.5) is 0 Å². The van der Waals surface area contributed by atoms with Gasteiger partial charge in [0, 0.05) is 31.4 Å². The second kappa shape index (κ2) is 9.02. The predicted molar refractivity (Wildman–Crippen MR) is 76.1 cm³/mol.